The molecule has 0 saturated heterocycles. The second kappa shape index (κ2) is 4.43. The molecule has 13 heavy (non-hydrogen) atoms. The van der Waals surface area contributed by atoms with Crippen LogP contribution in [0.1, 0.15) is 32.4 Å². The molecule has 1 heteroatoms. The summed E-state index contributed by atoms with van der Waals surface area (Å²) in [5, 5.41) is 0. The maximum atomic E-state index is 2.37. The molecule has 0 bridgehead atoms. The SMILES string of the molecule is CC(C)N(C)C(C)c1ccccc1. The van der Waals surface area contributed by atoms with Gasteiger partial charge in [0.05, 0.1) is 0 Å². The van der Waals surface area contributed by atoms with Crippen molar-refractivity contribution in [3.05, 3.63) is 35.9 Å². The zero-order chi connectivity index (χ0) is 9.84. The van der Waals surface area contributed by atoms with Crippen molar-refractivity contribution in [3.63, 3.8) is 0 Å². The first-order valence-electron chi connectivity index (χ1n) is 4.90. The van der Waals surface area contributed by atoms with E-state index in [1.54, 1.807) is 0 Å². The molecule has 1 unspecified atom stereocenters. The third kappa shape index (κ3) is 2.56. The first kappa shape index (κ1) is 10.3. The summed E-state index contributed by atoms with van der Waals surface area (Å²) >= 11 is 0. The minimum absolute atomic E-state index is 0.501. The highest BCUT2D eigenvalue weighted by molar-refractivity contribution is 5.18. The highest BCUT2D eigenvalue weighted by Gasteiger charge is 2.12. The highest BCUT2D eigenvalue weighted by atomic mass is 15.1. The molecular weight excluding hydrogens is 158 g/mol. The van der Waals surface area contributed by atoms with E-state index in [4.69, 9.17) is 0 Å². The Morgan fingerprint density at radius 3 is 2.00 bits per heavy atom. The van der Waals surface area contributed by atoms with Gasteiger partial charge in [0.15, 0.2) is 0 Å². The number of hydrogen-bond acceptors (Lipinski definition) is 1. The molecule has 0 radical (unpaired) electrons. The average Bonchev–Trinajstić information content (AvgIpc) is 2.17. The van der Waals surface area contributed by atoms with E-state index in [0.717, 1.165) is 0 Å². The molecule has 0 amide bonds. The van der Waals surface area contributed by atoms with E-state index in [1.807, 2.05) is 0 Å². The Kier molecular flexibility index (Phi) is 3.49. The third-order valence-electron chi connectivity index (χ3n) is 2.71. The Bertz CT molecular complexity index is 241. The quantitative estimate of drug-likeness (QED) is 0.685. The van der Waals surface area contributed by atoms with Crippen LogP contribution >= 0.6 is 0 Å². The molecule has 1 rings (SSSR count). The van der Waals surface area contributed by atoms with Gasteiger partial charge < -0.3 is 0 Å². The van der Waals surface area contributed by atoms with E-state index in [-0.39, 0.29) is 0 Å². The van der Waals surface area contributed by atoms with Crippen LogP contribution in [-0.4, -0.2) is 18.0 Å². The van der Waals surface area contributed by atoms with E-state index >= 15 is 0 Å². The Labute approximate surface area is 81.4 Å². The van der Waals surface area contributed by atoms with Gasteiger partial charge in [-0.25, -0.2) is 0 Å². The van der Waals surface area contributed by atoms with E-state index in [9.17, 15) is 0 Å². The second-order valence-electron chi connectivity index (χ2n) is 3.85. The topological polar surface area (TPSA) is 3.24 Å². The number of nitrogens with zero attached hydrogens (tertiary/aromatic N) is 1. The lowest BCUT2D eigenvalue weighted by atomic mass is 10.1. The zero-order valence-electron chi connectivity index (χ0n) is 8.99. The molecular formula is C12H19N. The molecule has 0 fully saturated rings. The molecule has 0 heterocycles. The summed E-state index contributed by atoms with van der Waals surface area (Å²) < 4.78 is 0. The van der Waals surface area contributed by atoms with E-state index in [1.165, 1.54) is 5.56 Å². The molecule has 1 nitrogen and oxygen atoms in total. The standard InChI is InChI=1S/C12H19N/c1-10(2)13(4)11(3)12-8-6-5-7-9-12/h5-11H,1-4H3. The predicted molar refractivity (Wildman–Crippen MR) is 57.8 cm³/mol. The molecule has 72 valence electrons. The molecule has 0 spiro atoms. The fourth-order valence-corrected chi connectivity index (χ4v) is 1.41. The Morgan fingerprint density at radius 1 is 1.00 bits per heavy atom. The maximum Gasteiger partial charge on any atom is 0.0319 e. The lowest BCUT2D eigenvalue weighted by molar-refractivity contribution is 0.210. The van der Waals surface area contributed by atoms with Crippen LogP contribution in [0.5, 0.6) is 0 Å². The summed E-state index contributed by atoms with van der Waals surface area (Å²) in [4.78, 5) is 2.37. The van der Waals surface area contributed by atoms with Crippen LogP contribution in [0.25, 0.3) is 0 Å². The molecule has 1 aromatic rings. The van der Waals surface area contributed by atoms with E-state index < -0.39 is 0 Å². The van der Waals surface area contributed by atoms with Crippen molar-refractivity contribution < 1.29 is 0 Å². The van der Waals surface area contributed by atoms with Crippen LogP contribution in [0, 0.1) is 0 Å². The summed E-state index contributed by atoms with van der Waals surface area (Å²) in [7, 11) is 2.17. The normalized spacial score (nSPS) is 13.7. The first-order valence-corrected chi connectivity index (χ1v) is 4.90. The van der Waals surface area contributed by atoms with Crippen LogP contribution < -0.4 is 0 Å². The fourth-order valence-electron chi connectivity index (χ4n) is 1.41. The Hall–Kier alpha value is -0.820. The van der Waals surface area contributed by atoms with Crippen molar-refractivity contribution in [1.29, 1.82) is 0 Å². The Morgan fingerprint density at radius 2 is 1.54 bits per heavy atom. The van der Waals surface area contributed by atoms with Crippen molar-refractivity contribution in [3.8, 4) is 0 Å². The molecule has 0 N–H and O–H groups in total. The van der Waals surface area contributed by atoms with Gasteiger partial charge in [0.25, 0.3) is 0 Å². The monoisotopic (exact) mass is 177 g/mol. The van der Waals surface area contributed by atoms with Gasteiger partial charge in [-0.1, -0.05) is 30.3 Å². The zero-order valence-corrected chi connectivity index (χ0v) is 8.99. The van der Waals surface area contributed by atoms with Gasteiger partial charge in [-0.3, -0.25) is 4.90 Å². The summed E-state index contributed by atoms with van der Waals surface area (Å²) in [6.07, 6.45) is 0. The van der Waals surface area contributed by atoms with Gasteiger partial charge in [0, 0.05) is 12.1 Å². The lowest BCUT2D eigenvalue weighted by Gasteiger charge is -2.28. The number of hydrogen-bond donors (Lipinski definition) is 0. The molecule has 0 aliphatic rings. The van der Waals surface area contributed by atoms with Crippen molar-refractivity contribution >= 4 is 0 Å². The van der Waals surface area contributed by atoms with Crippen LogP contribution in [0.2, 0.25) is 0 Å². The van der Waals surface area contributed by atoms with E-state index in [0.29, 0.717) is 12.1 Å². The minimum atomic E-state index is 0.501. The molecule has 1 aromatic carbocycles. The summed E-state index contributed by atoms with van der Waals surface area (Å²) in [5.41, 5.74) is 1.39. The first-order chi connectivity index (χ1) is 6.13. The van der Waals surface area contributed by atoms with Gasteiger partial charge in [0.2, 0.25) is 0 Å². The van der Waals surface area contributed by atoms with Crippen molar-refractivity contribution in [1.82, 2.24) is 4.90 Å². The summed E-state index contributed by atoms with van der Waals surface area (Å²) in [5.74, 6) is 0. The van der Waals surface area contributed by atoms with Gasteiger partial charge in [0.1, 0.15) is 0 Å². The van der Waals surface area contributed by atoms with Crippen molar-refractivity contribution in [2.24, 2.45) is 0 Å². The van der Waals surface area contributed by atoms with Crippen molar-refractivity contribution in [2.75, 3.05) is 7.05 Å². The second-order valence-corrected chi connectivity index (χ2v) is 3.85. The number of benzene rings is 1. The van der Waals surface area contributed by atoms with Crippen LogP contribution in [0.15, 0.2) is 30.3 Å². The van der Waals surface area contributed by atoms with E-state index in [2.05, 4.69) is 63.1 Å². The molecule has 1 atom stereocenters. The van der Waals surface area contributed by atoms with Gasteiger partial charge in [-0.15, -0.1) is 0 Å². The highest BCUT2D eigenvalue weighted by Crippen LogP contribution is 2.19. The Balaban J connectivity index is 2.73. The molecule has 0 aromatic heterocycles. The molecule has 0 aliphatic heterocycles. The summed E-state index contributed by atoms with van der Waals surface area (Å²) in [6, 6.07) is 11.7. The number of rotatable bonds is 3. The largest absolute Gasteiger partial charge is 0.297 e. The minimum Gasteiger partial charge on any atom is -0.297 e. The average molecular weight is 177 g/mol. The predicted octanol–water partition coefficient (Wildman–Crippen LogP) is 3.09. The molecule has 0 aliphatic carbocycles. The van der Waals surface area contributed by atoms with Gasteiger partial charge in [-0.05, 0) is 33.4 Å². The maximum absolute atomic E-state index is 2.37. The van der Waals surface area contributed by atoms with Gasteiger partial charge >= 0.3 is 0 Å². The van der Waals surface area contributed by atoms with Crippen LogP contribution in [-0.2, 0) is 0 Å². The van der Waals surface area contributed by atoms with Gasteiger partial charge in [-0.2, -0.15) is 0 Å². The van der Waals surface area contributed by atoms with Crippen molar-refractivity contribution in [2.45, 2.75) is 32.9 Å². The lowest BCUT2D eigenvalue weighted by Crippen LogP contribution is -2.29. The van der Waals surface area contributed by atoms with Crippen LogP contribution in [0.3, 0.4) is 0 Å². The third-order valence-corrected chi connectivity index (χ3v) is 2.71. The smallest absolute Gasteiger partial charge is 0.0319 e. The molecule has 0 saturated carbocycles. The summed E-state index contributed by atoms with van der Waals surface area (Å²) in [6.45, 7) is 6.69. The fraction of sp³-hybridized carbons (Fsp3) is 0.500. The van der Waals surface area contributed by atoms with Crippen LogP contribution in [0.4, 0.5) is 0 Å².